The first-order valence-electron chi connectivity index (χ1n) is 16.5. The summed E-state index contributed by atoms with van der Waals surface area (Å²) in [6.07, 6.45) is 0.849. The molecule has 6 amide bonds. The number of likely N-dealkylation sites (tertiary alicyclic amines) is 2. The molecule has 0 aliphatic carbocycles. The molecule has 0 aromatic carbocycles. The van der Waals surface area contributed by atoms with E-state index >= 15 is 0 Å². The van der Waals surface area contributed by atoms with E-state index in [0.717, 1.165) is 0 Å². The largest absolute Gasteiger partial charge is 0.480 e. The third kappa shape index (κ3) is 10.9. The van der Waals surface area contributed by atoms with Gasteiger partial charge in [0.05, 0.1) is 6.10 Å². The summed E-state index contributed by atoms with van der Waals surface area (Å²) in [5, 5.41) is 27.3. The van der Waals surface area contributed by atoms with Crippen LogP contribution in [-0.4, -0.2) is 117 Å². The number of hydrogen-bond donors (Lipinski definition) is 7. The summed E-state index contributed by atoms with van der Waals surface area (Å²) >= 11 is 0. The van der Waals surface area contributed by atoms with Crippen LogP contribution >= 0.6 is 0 Å². The molecule has 2 heterocycles. The lowest BCUT2D eigenvalue weighted by Crippen LogP contribution is -2.60. The Morgan fingerprint density at radius 1 is 0.830 bits per heavy atom. The number of carbonyl (C=O) groups excluding carboxylic acids is 6. The first kappa shape index (κ1) is 39.4. The smallest absolute Gasteiger partial charge is 0.326 e. The van der Waals surface area contributed by atoms with Crippen LogP contribution in [0.3, 0.4) is 0 Å². The molecule has 2 aliphatic rings. The van der Waals surface area contributed by atoms with Crippen LogP contribution in [0.5, 0.6) is 0 Å². The molecule has 8 atom stereocenters. The number of aliphatic carboxylic acids is 1. The highest BCUT2D eigenvalue weighted by Crippen LogP contribution is 2.23. The fraction of sp³-hybridized carbons (Fsp3) is 0.774. The highest BCUT2D eigenvalue weighted by Gasteiger charge is 2.42. The van der Waals surface area contributed by atoms with E-state index in [1.807, 2.05) is 20.8 Å². The zero-order valence-corrected chi connectivity index (χ0v) is 28.1. The first-order valence-corrected chi connectivity index (χ1v) is 16.5. The topological polar surface area (TPSA) is 255 Å². The molecule has 2 saturated heterocycles. The number of nitrogens with two attached hydrogens (primary N) is 2. The number of nitrogens with one attached hydrogen (secondary N) is 3. The molecule has 2 aliphatic heterocycles. The number of aliphatic hydroxyl groups excluding tert-OH is 1. The van der Waals surface area contributed by atoms with Crippen LogP contribution in [0.2, 0.25) is 0 Å². The molecule has 0 radical (unpaired) electrons. The van der Waals surface area contributed by atoms with E-state index in [4.69, 9.17) is 11.5 Å². The average Bonchev–Trinajstić information content (AvgIpc) is 3.70. The van der Waals surface area contributed by atoms with Crippen molar-refractivity contribution in [2.45, 2.75) is 128 Å². The van der Waals surface area contributed by atoms with Gasteiger partial charge in [0.15, 0.2) is 0 Å². The van der Waals surface area contributed by atoms with Crippen LogP contribution in [0.25, 0.3) is 0 Å². The van der Waals surface area contributed by atoms with E-state index in [9.17, 15) is 43.8 Å². The van der Waals surface area contributed by atoms with Crippen molar-refractivity contribution >= 4 is 41.4 Å². The predicted octanol–water partition coefficient (Wildman–Crippen LogP) is -1.43. The lowest BCUT2D eigenvalue weighted by molar-refractivity contribution is -0.145. The number of carbonyl (C=O) groups is 7. The van der Waals surface area contributed by atoms with Crippen molar-refractivity contribution in [2.75, 3.05) is 13.1 Å². The molecule has 0 aromatic heterocycles. The maximum absolute atomic E-state index is 13.9. The SMILES string of the molecule is CCC(C)C(NC(=O)C1CCCN1C(=O)C(N)C(C)O)C(=O)NC(CC(C)C)C(=O)N1CCCC1C(=O)NC(CCC(N)=O)C(=O)O. The Hall–Kier alpha value is -3.79. The number of aliphatic hydroxyl groups is 1. The van der Waals surface area contributed by atoms with Crippen LogP contribution in [0.4, 0.5) is 0 Å². The summed E-state index contributed by atoms with van der Waals surface area (Å²) in [6.45, 7) is 9.26. The number of hydrogen-bond acceptors (Lipinski definition) is 9. The summed E-state index contributed by atoms with van der Waals surface area (Å²) in [5.41, 5.74) is 11.0. The molecule has 47 heavy (non-hydrogen) atoms. The summed E-state index contributed by atoms with van der Waals surface area (Å²) in [5.74, 6) is -5.33. The van der Waals surface area contributed by atoms with Crippen LogP contribution in [0, 0.1) is 11.8 Å². The van der Waals surface area contributed by atoms with Crippen molar-refractivity contribution in [1.29, 1.82) is 0 Å². The Balaban J connectivity index is 2.22. The zero-order chi connectivity index (χ0) is 35.6. The zero-order valence-electron chi connectivity index (χ0n) is 28.1. The van der Waals surface area contributed by atoms with Gasteiger partial charge in [-0.3, -0.25) is 28.8 Å². The van der Waals surface area contributed by atoms with Crippen LogP contribution in [0.1, 0.15) is 86.0 Å². The van der Waals surface area contributed by atoms with Gasteiger partial charge in [0, 0.05) is 19.5 Å². The molecule has 2 fully saturated rings. The second-order valence-corrected chi connectivity index (χ2v) is 13.1. The molecule has 0 saturated carbocycles. The van der Waals surface area contributed by atoms with Crippen molar-refractivity contribution in [3.8, 4) is 0 Å². The first-order chi connectivity index (χ1) is 22.0. The molecule has 8 unspecified atom stereocenters. The number of carboxylic acids is 1. The van der Waals surface area contributed by atoms with Gasteiger partial charge >= 0.3 is 5.97 Å². The number of nitrogens with zero attached hydrogens (tertiary/aromatic N) is 2. The van der Waals surface area contributed by atoms with E-state index in [1.165, 1.54) is 16.7 Å². The van der Waals surface area contributed by atoms with Crippen LogP contribution in [0.15, 0.2) is 0 Å². The van der Waals surface area contributed by atoms with Crippen molar-refractivity contribution in [1.82, 2.24) is 25.8 Å². The fourth-order valence-corrected chi connectivity index (χ4v) is 5.92. The summed E-state index contributed by atoms with van der Waals surface area (Å²) in [7, 11) is 0. The van der Waals surface area contributed by atoms with E-state index in [0.29, 0.717) is 25.7 Å². The Morgan fingerprint density at radius 3 is 1.83 bits per heavy atom. The minimum atomic E-state index is -1.37. The standard InChI is InChI=1S/C31H53N7O9/c1-6-17(4)25(36-27(42)22-10-8-14-38(22)30(45)24(33)18(5)39)28(43)35-20(15-16(2)3)29(44)37-13-7-9-21(37)26(41)34-19(31(46)47)11-12-23(32)40/h16-22,24-25,39H,6-15,33H2,1-5H3,(H2,32,40)(H,34,41)(H,35,43)(H,36,42)(H,46,47). The Labute approximate surface area is 275 Å². The quantitative estimate of drug-likeness (QED) is 0.0952. The average molecular weight is 668 g/mol. The van der Waals surface area contributed by atoms with Crippen molar-refractivity contribution in [2.24, 2.45) is 23.3 Å². The van der Waals surface area contributed by atoms with Crippen molar-refractivity contribution < 1.29 is 43.8 Å². The van der Waals surface area contributed by atoms with Gasteiger partial charge in [0.25, 0.3) is 0 Å². The predicted molar refractivity (Wildman–Crippen MR) is 170 cm³/mol. The highest BCUT2D eigenvalue weighted by atomic mass is 16.4. The second-order valence-electron chi connectivity index (χ2n) is 13.1. The maximum atomic E-state index is 13.9. The lowest BCUT2D eigenvalue weighted by atomic mass is 9.96. The Bertz CT molecular complexity index is 1160. The van der Waals surface area contributed by atoms with E-state index in [2.05, 4.69) is 16.0 Å². The summed E-state index contributed by atoms with van der Waals surface area (Å²) in [6, 6.07) is -6.50. The molecule has 0 spiro atoms. The number of primary amides is 1. The van der Waals surface area contributed by atoms with E-state index in [1.54, 1.807) is 6.92 Å². The fourth-order valence-electron chi connectivity index (χ4n) is 5.92. The lowest BCUT2D eigenvalue weighted by Gasteiger charge is -2.33. The third-order valence-electron chi connectivity index (χ3n) is 8.89. The Kier molecular flexibility index (Phi) is 15.0. The van der Waals surface area contributed by atoms with Gasteiger partial charge < -0.3 is 47.4 Å². The monoisotopic (exact) mass is 667 g/mol. The van der Waals surface area contributed by atoms with Gasteiger partial charge in [-0.1, -0.05) is 34.1 Å². The van der Waals surface area contributed by atoms with Crippen LogP contribution < -0.4 is 27.4 Å². The third-order valence-corrected chi connectivity index (χ3v) is 8.89. The van der Waals surface area contributed by atoms with Crippen molar-refractivity contribution in [3.05, 3.63) is 0 Å². The molecule has 0 aromatic rings. The van der Waals surface area contributed by atoms with Gasteiger partial charge in [-0.2, -0.15) is 0 Å². The van der Waals surface area contributed by atoms with Gasteiger partial charge in [-0.25, -0.2) is 4.79 Å². The normalized spacial score (nSPS) is 21.7. The Morgan fingerprint density at radius 2 is 1.36 bits per heavy atom. The van der Waals surface area contributed by atoms with E-state index in [-0.39, 0.29) is 50.6 Å². The number of amides is 6. The van der Waals surface area contributed by atoms with Gasteiger partial charge in [0.2, 0.25) is 35.4 Å². The molecule has 266 valence electrons. The van der Waals surface area contributed by atoms with Gasteiger partial charge in [-0.15, -0.1) is 0 Å². The minimum Gasteiger partial charge on any atom is -0.480 e. The highest BCUT2D eigenvalue weighted by molar-refractivity contribution is 5.97. The maximum Gasteiger partial charge on any atom is 0.326 e. The number of carboxylic acid groups (broad SMARTS) is 1. The number of rotatable bonds is 17. The molecule has 16 nitrogen and oxygen atoms in total. The van der Waals surface area contributed by atoms with Crippen molar-refractivity contribution in [3.63, 3.8) is 0 Å². The van der Waals surface area contributed by atoms with E-state index < -0.39 is 83.8 Å². The molecule has 9 N–H and O–H groups in total. The van der Waals surface area contributed by atoms with Gasteiger partial charge in [-0.05, 0) is 57.3 Å². The second kappa shape index (κ2) is 17.9. The summed E-state index contributed by atoms with van der Waals surface area (Å²) < 4.78 is 0. The van der Waals surface area contributed by atoms with Gasteiger partial charge in [0.1, 0.15) is 36.3 Å². The molecular formula is C31H53N7O9. The summed E-state index contributed by atoms with van der Waals surface area (Å²) in [4.78, 5) is 92.6. The van der Waals surface area contributed by atoms with Crippen LogP contribution in [-0.2, 0) is 33.6 Å². The molecular weight excluding hydrogens is 614 g/mol. The molecule has 0 bridgehead atoms. The minimum absolute atomic E-state index is 0.0443. The molecule has 2 rings (SSSR count). The molecule has 16 heteroatoms.